The fourth-order valence-electron chi connectivity index (χ4n) is 0.846. The van der Waals surface area contributed by atoms with E-state index >= 15 is 0 Å². The average molecular weight is 173 g/mol. The van der Waals surface area contributed by atoms with Crippen LogP contribution in [0.5, 0.6) is 0 Å². The Morgan fingerprint density at radius 2 is 2.45 bits per heavy atom. The molecule has 0 saturated carbocycles. The third-order valence-corrected chi connectivity index (χ3v) is 2.03. The second-order valence-electron chi connectivity index (χ2n) is 2.89. The van der Waals surface area contributed by atoms with Gasteiger partial charge in [-0.05, 0) is 25.1 Å². The molecular weight excluding hydrogens is 158 g/mol. The van der Waals surface area contributed by atoms with Crippen molar-refractivity contribution in [2.45, 2.75) is 19.5 Å². The Morgan fingerprint density at radius 1 is 1.64 bits per heavy atom. The molecule has 1 fully saturated rings. The van der Waals surface area contributed by atoms with Crippen molar-refractivity contribution in [1.82, 2.24) is 5.48 Å². The van der Waals surface area contributed by atoms with E-state index < -0.39 is 9.04 Å². The van der Waals surface area contributed by atoms with E-state index in [2.05, 4.69) is 18.6 Å². The van der Waals surface area contributed by atoms with Crippen LogP contribution in [0.4, 0.5) is 0 Å². The van der Waals surface area contributed by atoms with Crippen LogP contribution in [0.1, 0.15) is 6.42 Å². The highest BCUT2D eigenvalue weighted by atomic mass is 28.3. The van der Waals surface area contributed by atoms with Gasteiger partial charge in [0.15, 0.2) is 0 Å². The van der Waals surface area contributed by atoms with Crippen LogP contribution >= 0.6 is 0 Å². The minimum absolute atomic E-state index is 0.760. The maximum atomic E-state index is 5.26. The lowest BCUT2D eigenvalue weighted by molar-refractivity contribution is 0.203. The summed E-state index contributed by atoms with van der Waals surface area (Å²) in [5.41, 5.74) is 4.14. The van der Waals surface area contributed by atoms with E-state index in [1.807, 2.05) is 6.20 Å². The fourth-order valence-corrected chi connectivity index (χ4v) is 1.19. The summed E-state index contributed by atoms with van der Waals surface area (Å²) in [7, 11) is -0.928. The Morgan fingerprint density at radius 3 is 3.00 bits per heavy atom. The molecule has 0 amide bonds. The SMILES string of the molecule is C[SiH](C)ONC=C1CCOC1. The number of rotatable bonds is 3. The van der Waals surface area contributed by atoms with Crippen LogP contribution in [0.2, 0.25) is 13.1 Å². The lowest BCUT2D eigenvalue weighted by Crippen LogP contribution is -2.17. The molecule has 64 valence electrons. The maximum absolute atomic E-state index is 5.26. The molecule has 4 heteroatoms. The van der Waals surface area contributed by atoms with Gasteiger partial charge in [-0.25, -0.2) is 0 Å². The summed E-state index contributed by atoms with van der Waals surface area (Å²) in [6.07, 6.45) is 2.95. The Bertz CT molecular complexity index is 139. The van der Waals surface area contributed by atoms with Crippen molar-refractivity contribution in [3.05, 3.63) is 11.8 Å². The first kappa shape index (κ1) is 8.77. The van der Waals surface area contributed by atoms with Gasteiger partial charge >= 0.3 is 0 Å². The molecule has 1 N–H and O–H groups in total. The summed E-state index contributed by atoms with van der Waals surface area (Å²) in [5, 5.41) is 0. The first-order chi connectivity index (χ1) is 5.29. The zero-order chi connectivity index (χ0) is 8.10. The largest absolute Gasteiger partial charge is 0.377 e. The fraction of sp³-hybridized carbons (Fsp3) is 0.714. The van der Waals surface area contributed by atoms with Crippen LogP contribution in [0.3, 0.4) is 0 Å². The van der Waals surface area contributed by atoms with E-state index in [9.17, 15) is 0 Å². The molecule has 1 heterocycles. The van der Waals surface area contributed by atoms with Crippen LogP contribution in [-0.2, 0) is 9.26 Å². The van der Waals surface area contributed by atoms with Crippen molar-refractivity contribution < 1.29 is 9.26 Å². The van der Waals surface area contributed by atoms with Crippen LogP contribution in [0.15, 0.2) is 11.8 Å². The molecule has 3 nitrogen and oxygen atoms in total. The molecule has 0 aromatic rings. The van der Waals surface area contributed by atoms with Crippen molar-refractivity contribution in [1.29, 1.82) is 0 Å². The van der Waals surface area contributed by atoms with Gasteiger partial charge in [-0.3, -0.25) is 5.48 Å². The van der Waals surface area contributed by atoms with Crippen molar-refractivity contribution in [2.24, 2.45) is 0 Å². The zero-order valence-corrected chi connectivity index (χ0v) is 8.25. The van der Waals surface area contributed by atoms with E-state index in [4.69, 9.17) is 9.26 Å². The molecule has 0 atom stereocenters. The van der Waals surface area contributed by atoms with Gasteiger partial charge in [0.2, 0.25) is 9.04 Å². The number of ether oxygens (including phenoxy) is 1. The van der Waals surface area contributed by atoms with Crippen LogP contribution in [0.25, 0.3) is 0 Å². The molecule has 0 bridgehead atoms. The summed E-state index contributed by atoms with van der Waals surface area (Å²) in [6, 6.07) is 0. The summed E-state index contributed by atoms with van der Waals surface area (Å²) in [6.45, 7) is 5.86. The average Bonchev–Trinajstić information content (AvgIpc) is 2.39. The zero-order valence-electron chi connectivity index (χ0n) is 7.09. The quantitative estimate of drug-likeness (QED) is 0.506. The van der Waals surface area contributed by atoms with Gasteiger partial charge in [0.05, 0.1) is 13.2 Å². The summed E-state index contributed by atoms with van der Waals surface area (Å²) in [5.74, 6) is 0. The molecule has 1 saturated heterocycles. The van der Waals surface area contributed by atoms with Gasteiger partial charge in [0, 0.05) is 6.20 Å². The van der Waals surface area contributed by atoms with Crippen molar-refractivity contribution >= 4 is 9.04 Å². The maximum Gasteiger partial charge on any atom is 0.208 e. The highest BCUT2D eigenvalue weighted by Crippen LogP contribution is 2.08. The first-order valence-corrected chi connectivity index (χ1v) is 6.74. The Kier molecular flexibility index (Phi) is 3.61. The molecule has 0 radical (unpaired) electrons. The molecular formula is C7H15NO2Si. The van der Waals surface area contributed by atoms with Gasteiger partial charge in [-0.1, -0.05) is 0 Å². The predicted octanol–water partition coefficient (Wildman–Crippen LogP) is 0.795. The molecule has 0 unspecified atom stereocenters. The van der Waals surface area contributed by atoms with Gasteiger partial charge in [0.25, 0.3) is 0 Å². The van der Waals surface area contributed by atoms with E-state index in [1.165, 1.54) is 5.57 Å². The monoisotopic (exact) mass is 173 g/mol. The van der Waals surface area contributed by atoms with Crippen molar-refractivity contribution in [2.75, 3.05) is 13.2 Å². The minimum atomic E-state index is -0.928. The Labute approximate surface area is 69.1 Å². The summed E-state index contributed by atoms with van der Waals surface area (Å²) >= 11 is 0. The number of nitrogens with one attached hydrogen (secondary N) is 1. The predicted molar refractivity (Wildman–Crippen MR) is 46.6 cm³/mol. The molecule has 0 spiro atoms. The second-order valence-corrected chi connectivity index (χ2v) is 5.22. The lowest BCUT2D eigenvalue weighted by Gasteiger charge is -2.04. The summed E-state index contributed by atoms with van der Waals surface area (Å²) in [4.78, 5) is 0. The number of hydrogen-bond acceptors (Lipinski definition) is 3. The van der Waals surface area contributed by atoms with E-state index in [0.29, 0.717) is 0 Å². The molecule has 1 aliphatic rings. The van der Waals surface area contributed by atoms with E-state index in [1.54, 1.807) is 0 Å². The number of hydrogen-bond donors (Lipinski definition) is 1. The molecule has 0 aliphatic carbocycles. The summed E-state index contributed by atoms with van der Waals surface area (Å²) < 4.78 is 10.4. The first-order valence-electron chi connectivity index (χ1n) is 3.96. The smallest absolute Gasteiger partial charge is 0.208 e. The molecule has 0 aromatic heterocycles. The third kappa shape index (κ3) is 3.55. The van der Waals surface area contributed by atoms with Gasteiger partial charge in [-0.15, -0.1) is 0 Å². The van der Waals surface area contributed by atoms with Crippen molar-refractivity contribution in [3.63, 3.8) is 0 Å². The highest BCUT2D eigenvalue weighted by molar-refractivity contribution is 6.48. The third-order valence-electron chi connectivity index (χ3n) is 1.42. The Hall–Kier alpha value is -0.323. The normalized spacial score (nSPS) is 21.5. The molecule has 1 rings (SSSR count). The lowest BCUT2D eigenvalue weighted by atomic mass is 10.3. The van der Waals surface area contributed by atoms with E-state index in [0.717, 1.165) is 19.6 Å². The number of hydroxylamine groups is 1. The van der Waals surface area contributed by atoms with Crippen LogP contribution in [-0.4, -0.2) is 22.3 Å². The van der Waals surface area contributed by atoms with E-state index in [-0.39, 0.29) is 0 Å². The van der Waals surface area contributed by atoms with Crippen molar-refractivity contribution in [3.8, 4) is 0 Å². The highest BCUT2D eigenvalue weighted by Gasteiger charge is 2.05. The topological polar surface area (TPSA) is 30.5 Å². The van der Waals surface area contributed by atoms with Crippen LogP contribution in [0, 0.1) is 0 Å². The van der Waals surface area contributed by atoms with Gasteiger partial charge in [-0.2, -0.15) is 0 Å². The Balaban J connectivity index is 2.13. The standard InChI is InChI=1S/C7H15NO2Si/c1-11(2)10-8-5-7-3-4-9-6-7/h5,8,11H,3-4,6H2,1-2H3. The second kappa shape index (κ2) is 4.53. The van der Waals surface area contributed by atoms with Crippen LogP contribution < -0.4 is 5.48 Å². The van der Waals surface area contributed by atoms with Gasteiger partial charge < -0.3 is 9.26 Å². The van der Waals surface area contributed by atoms with Gasteiger partial charge in [0.1, 0.15) is 0 Å². The molecule has 0 aromatic carbocycles. The minimum Gasteiger partial charge on any atom is -0.377 e. The molecule has 11 heavy (non-hydrogen) atoms. The molecule has 1 aliphatic heterocycles.